The maximum Gasteiger partial charge on any atom is 0.109 e. The second kappa shape index (κ2) is 5.05. The second-order valence-corrected chi connectivity index (χ2v) is 5.14. The maximum absolute atomic E-state index is 4.39. The molecule has 1 aliphatic rings. The Bertz CT molecular complexity index is 280. The van der Waals surface area contributed by atoms with E-state index in [0.29, 0.717) is 12.1 Å². The van der Waals surface area contributed by atoms with E-state index in [1.807, 2.05) is 6.20 Å². The molecule has 15 heavy (non-hydrogen) atoms. The summed E-state index contributed by atoms with van der Waals surface area (Å²) in [7, 11) is 2.21. The molecule has 1 aromatic heterocycles. The van der Waals surface area contributed by atoms with Crippen LogP contribution in [0.1, 0.15) is 30.8 Å². The van der Waals surface area contributed by atoms with Gasteiger partial charge in [0.05, 0.1) is 6.04 Å². The molecule has 1 fully saturated rings. The van der Waals surface area contributed by atoms with Crippen LogP contribution in [0.15, 0.2) is 11.6 Å². The van der Waals surface area contributed by atoms with E-state index in [-0.39, 0.29) is 0 Å². The van der Waals surface area contributed by atoms with Crippen molar-refractivity contribution in [2.75, 3.05) is 20.1 Å². The highest BCUT2D eigenvalue weighted by Gasteiger charge is 2.23. The molecule has 2 atom stereocenters. The predicted molar refractivity (Wildman–Crippen MR) is 64.2 cm³/mol. The molecule has 1 aliphatic heterocycles. The van der Waals surface area contributed by atoms with Gasteiger partial charge < -0.3 is 5.32 Å². The Labute approximate surface area is 95.5 Å². The van der Waals surface area contributed by atoms with Crippen LogP contribution in [0.4, 0.5) is 0 Å². The SMILES string of the molecule is C[C@H](c1nccs1)N(C)[C@@H]1CCCNC1. The molecule has 4 heteroatoms. The molecule has 0 spiro atoms. The van der Waals surface area contributed by atoms with Crippen molar-refractivity contribution in [3.63, 3.8) is 0 Å². The summed E-state index contributed by atoms with van der Waals surface area (Å²) >= 11 is 1.75. The highest BCUT2D eigenvalue weighted by atomic mass is 32.1. The fourth-order valence-corrected chi connectivity index (χ4v) is 2.86. The predicted octanol–water partition coefficient (Wildman–Crippen LogP) is 1.89. The van der Waals surface area contributed by atoms with Crippen molar-refractivity contribution >= 4 is 11.3 Å². The number of hydrogen-bond acceptors (Lipinski definition) is 4. The van der Waals surface area contributed by atoms with Gasteiger partial charge in [-0.1, -0.05) is 0 Å². The standard InChI is InChI=1S/C11H19N3S/c1-9(11-13-6-7-15-11)14(2)10-4-3-5-12-8-10/h6-7,9-10,12H,3-5,8H2,1-2H3/t9-,10-/m1/s1. The van der Waals surface area contributed by atoms with E-state index in [0.717, 1.165) is 6.54 Å². The van der Waals surface area contributed by atoms with Crippen LogP contribution in [0.3, 0.4) is 0 Å². The van der Waals surface area contributed by atoms with Crippen molar-refractivity contribution in [2.45, 2.75) is 31.8 Å². The molecule has 1 N–H and O–H groups in total. The van der Waals surface area contributed by atoms with E-state index >= 15 is 0 Å². The van der Waals surface area contributed by atoms with Gasteiger partial charge in [0, 0.05) is 24.2 Å². The lowest BCUT2D eigenvalue weighted by Crippen LogP contribution is -2.45. The number of thiazole rings is 1. The Kier molecular flexibility index (Phi) is 3.72. The van der Waals surface area contributed by atoms with Gasteiger partial charge in [0.25, 0.3) is 0 Å². The molecule has 0 saturated carbocycles. The first-order valence-electron chi connectivity index (χ1n) is 5.61. The molecule has 84 valence electrons. The van der Waals surface area contributed by atoms with Gasteiger partial charge in [0.15, 0.2) is 0 Å². The minimum atomic E-state index is 0.440. The number of nitrogens with one attached hydrogen (secondary N) is 1. The van der Waals surface area contributed by atoms with Gasteiger partial charge in [-0.25, -0.2) is 4.98 Å². The molecule has 0 aromatic carbocycles. The molecule has 0 radical (unpaired) electrons. The molecule has 0 bridgehead atoms. The Balaban J connectivity index is 1.97. The molecule has 1 aromatic rings. The van der Waals surface area contributed by atoms with Gasteiger partial charge in [0.1, 0.15) is 5.01 Å². The van der Waals surface area contributed by atoms with Crippen molar-refractivity contribution in [1.29, 1.82) is 0 Å². The van der Waals surface area contributed by atoms with Gasteiger partial charge in [-0.05, 0) is 33.4 Å². The van der Waals surface area contributed by atoms with E-state index in [2.05, 4.69) is 34.6 Å². The van der Waals surface area contributed by atoms with Crippen LogP contribution in [-0.4, -0.2) is 36.1 Å². The summed E-state index contributed by atoms with van der Waals surface area (Å²) in [6.45, 7) is 4.54. The number of likely N-dealkylation sites (N-methyl/N-ethyl adjacent to an activating group) is 1. The van der Waals surface area contributed by atoms with Crippen molar-refractivity contribution < 1.29 is 0 Å². The van der Waals surface area contributed by atoms with Crippen molar-refractivity contribution in [3.8, 4) is 0 Å². The Hall–Kier alpha value is -0.450. The summed E-state index contributed by atoms with van der Waals surface area (Å²) in [6, 6.07) is 1.10. The van der Waals surface area contributed by atoms with Crippen molar-refractivity contribution in [3.05, 3.63) is 16.6 Å². The van der Waals surface area contributed by atoms with Gasteiger partial charge >= 0.3 is 0 Å². The number of hydrogen-bond donors (Lipinski definition) is 1. The Morgan fingerprint density at radius 2 is 2.53 bits per heavy atom. The van der Waals surface area contributed by atoms with Crippen molar-refractivity contribution in [2.24, 2.45) is 0 Å². The third kappa shape index (κ3) is 2.56. The molecular formula is C11H19N3S. The molecule has 2 rings (SSSR count). The summed E-state index contributed by atoms with van der Waals surface area (Å²) in [5, 5.41) is 6.74. The molecule has 3 nitrogen and oxygen atoms in total. The van der Waals surface area contributed by atoms with E-state index in [1.165, 1.54) is 24.4 Å². The fourth-order valence-electron chi connectivity index (χ4n) is 2.11. The number of nitrogens with zero attached hydrogens (tertiary/aromatic N) is 2. The fraction of sp³-hybridized carbons (Fsp3) is 0.727. The quantitative estimate of drug-likeness (QED) is 0.851. The minimum absolute atomic E-state index is 0.440. The van der Waals surface area contributed by atoms with E-state index in [4.69, 9.17) is 0 Å². The smallest absolute Gasteiger partial charge is 0.109 e. The summed E-state index contributed by atoms with van der Waals surface area (Å²) in [4.78, 5) is 6.84. The van der Waals surface area contributed by atoms with Crippen LogP contribution in [0.2, 0.25) is 0 Å². The summed E-state index contributed by atoms with van der Waals surface area (Å²) < 4.78 is 0. The van der Waals surface area contributed by atoms with Crippen molar-refractivity contribution in [1.82, 2.24) is 15.2 Å². The third-order valence-electron chi connectivity index (χ3n) is 3.27. The Morgan fingerprint density at radius 3 is 3.13 bits per heavy atom. The first-order valence-corrected chi connectivity index (χ1v) is 6.49. The average Bonchev–Trinajstić information content (AvgIpc) is 2.82. The van der Waals surface area contributed by atoms with Crippen LogP contribution in [0.5, 0.6) is 0 Å². The van der Waals surface area contributed by atoms with Gasteiger partial charge in [-0.2, -0.15) is 0 Å². The minimum Gasteiger partial charge on any atom is -0.315 e. The van der Waals surface area contributed by atoms with Gasteiger partial charge in [-0.15, -0.1) is 11.3 Å². The molecule has 1 saturated heterocycles. The highest BCUT2D eigenvalue weighted by molar-refractivity contribution is 7.09. The number of rotatable bonds is 3. The molecule has 0 amide bonds. The molecule has 0 unspecified atom stereocenters. The van der Waals surface area contributed by atoms with Crippen LogP contribution in [0.25, 0.3) is 0 Å². The van der Waals surface area contributed by atoms with E-state index < -0.39 is 0 Å². The van der Waals surface area contributed by atoms with Crippen LogP contribution < -0.4 is 5.32 Å². The topological polar surface area (TPSA) is 28.2 Å². The lowest BCUT2D eigenvalue weighted by Gasteiger charge is -2.35. The van der Waals surface area contributed by atoms with Gasteiger partial charge in [-0.3, -0.25) is 4.90 Å². The highest BCUT2D eigenvalue weighted by Crippen LogP contribution is 2.24. The Morgan fingerprint density at radius 1 is 1.67 bits per heavy atom. The number of piperidine rings is 1. The lowest BCUT2D eigenvalue weighted by atomic mass is 10.1. The van der Waals surface area contributed by atoms with Crippen LogP contribution >= 0.6 is 11.3 Å². The lowest BCUT2D eigenvalue weighted by molar-refractivity contribution is 0.156. The van der Waals surface area contributed by atoms with E-state index in [1.54, 1.807) is 11.3 Å². The second-order valence-electron chi connectivity index (χ2n) is 4.21. The molecular weight excluding hydrogens is 206 g/mol. The number of aromatic nitrogens is 1. The first-order chi connectivity index (χ1) is 7.29. The zero-order chi connectivity index (χ0) is 10.7. The van der Waals surface area contributed by atoms with Crippen LogP contribution in [0, 0.1) is 0 Å². The molecule has 0 aliphatic carbocycles. The maximum atomic E-state index is 4.39. The van der Waals surface area contributed by atoms with Crippen LogP contribution in [-0.2, 0) is 0 Å². The molecule has 2 heterocycles. The zero-order valence-electron chi connectivity index (χ0n) is 9.44. The summed E-state index contributed by atoms with van der Waals surface area (Å²) in [5.74, 6) is 0. The first kappa shape index (κ1) is 11.0. The normalized spacial score (nSPS) is 24.3. The zero-order valence-corrected chi connectivity index (χ0v) is 10.3. The summed E-state index contributed by atoms with van der Waals surface area (Å²) in [6.07, 6.45) is 4.49. The largest absolute Gasteiger partial charge is 0.315 e. The van der Waals surface area contributed by atoms with E-state index in [9.17, 15) is 0 Å². The average molecular weight is 225 g/mol. The summed E-state index contributed by atoms with van der Waals surface area (Å²) in [5.41, 5.74) is 0. The van der Waals surface area contributed by atoms with Gasteiger partial charge in [0.2, 0.25) is 0 Å². The third-order valence-corrected chi connectivity index (χ3v) is 4.21. The monoisotopic (exact) mass is 225 g/mol.